The molecule has 1 aromatic heterocycles. The molecule has 0 saturated heterocycles. The molecule has 2 atom stereocenters. The molecule has 1 nitrogen and oxygen atoms in total. The standard InChI is InChI=1S/C15H25NS/c1-3-10-16-15(12(2)13-6-7-13)9-8-14-5-4-11-17-14/h4-5,11-13,15-16H,3,6-10H2,1-2H3. The second-order valence-corrected chi connectivity index (χ2v) is 6.41. The third-order valence-corrected chi connectivity index (χ3v) is 4.87. The van der Waals surface area contributed by atoms with E-state index in [-0.39, 0.29) is 0 Å². The van der Waals surface area contributed by atoms with E-state index in [9.17, 15) is 0 Å². The lowest BCUT2D eigenvalue weighted by molar-refractivity contribution is 0.326. The fourth-order valence-electron chi connectivity index (χ4n) is 2.58. The van der Waals surface area contributed by atoms with Gasteiger partial charge in [-0.15, -0.1) is 11.3 Å². The van der Waals surface area contributed by atoms with Gasteiger partial charge in [-0.25, -0.2) is 0 Å². The average molecular weight is 251 g/mol. The third kappa shape index (κ3) is 4.11. The summed E-state index contributed by atoms with van der Waals surface area (Å²) >= 11 is 1.90. The summed E-state index contributed by atoms with van der Waals surface area (Å²) in [6.07, 6.45) is 6.72. The predicted molar refractivity (Wildman–Crippen MR) is 76.6 cm³/mol. The van der Waals surface area contributed by atoms with Crippen molar-refractivity contribution in [1.29, 1.82) is 0 Å². The molecular weight excluding hydrogens is 226 g/mol. The molecule has 1 aliphatic rings. The molecule has 1 fully saturated rings. The molecule has 0 aromatic carbocycles. The summed E-state index contributed by atoms with van der Waals surface area (Å²) < 4.78 is 0. The second kappa shape index (κ2) is 6.55. The number of hydrogen-bond donors (Lipinski definition) is 1. The first-order valence-electron chi connectivity index (χ1n) is 7.07. The maximum absolute atomic E-state index is 3.76. The van der Waals surface area contributed by atoms with Gasteiger partial charge in [0.15, 0.2) is 0 Å². The molecule has 1 aromatic rings. The zero-order chi connectivity index (χ0) is 12.1. The van der Waals surface area contributed by atoms with Crippen LogP contribution in [0, 0.1) is 11.8 Å². The summed E-state index contributed by atoms with van der Waals surface area (Å²) in [5, 5.41) is 5.95. The lowest BCUT2D eigenvalue weighted by Gasteiger charge is -2.25. The van der Waals surface area contributed by atoms with Gasteiger partial charge < -0.3 is 5.32 Å². The van der Waals surface area contributed by atoms with Gasteiger partial charge >= 0.3 is 0 Å². The van der Waals surface area contributed by atoms with Crippen LogP contribution in [0.15, 0.2) is 17.5 Å². The van der Waals surface area contributed by atoms with E-state index in [0.29, 0.717) is 0 Å². The molecular formula is C15H25NS. The van der Waals surface area contributed by atoms with Gasteiger partial charge in [0.25, 0.3) is 0 Å². The van der Waals surface area contributed by atoms with Crippen LogP contribution in [-0.2, 0) is 6.42 Å². The van der Waals surface area contributed by atoms with Gasteiger partial charge in [0, 0.05) is 10.9 Å². The van der Waals surface area contributed by atoms with Crippen LogP contribution < -0.4 is 5.32 Å². The highest BCUT2D eigenvalue weighted by molar-refractivity contribution is 7.09. The average Bonchev–Trinajstić information content (AvgIpc) is 3.06. The van der Waals surface area contributed by atoms with Crippen LogP contribution in [0.3, 0.4) is 0 Å². The summed E-state index contributed by atoms with van der Waals surface area (Å²) in [4.78, 5) is 1.54. The van der Waals surface area contributed by atoms with Crippen LogP contribution in [0.5, 0.6) is 0 Å². The molecule has 1 N–H and O–H groups in total. The zero-order valence-electron chi connectivity index (χ0n) is 11.1. The van der Waals surface area contributed by atoms with Crippen LogP contribution in [0.4, 0.5) is 0 Å². The molecule has 2 rings (SSSR count). The Morgan fingerprint density at radius 1 is 1.47 bits per heavy atom. The topological polar surface area (TPSA) is 12.0 Å². The molecule has 0 bridgehead atoms. The van der Waals surface area contributed by atoms with Gasteiger partial charge in [0.2, 0.25) is 0 Å². The molecule has 1 saturated carbocycles. The smallest absolute Gasteiger partial charge is 0.00987 e. The maximum atomic E-state index is 3.76. The Hall–Kier alpha value is -0.340. The van der Waals surface area contributed by atoms with E-state index in [1.54, 1.807) is 0 Å². The number of rotatable bonds is 8. The maximum Gasteiger partial charge on any atom is 0.00987 e. The minimum Gasteiger partial charge on any atom is -0.314 e. The van der Waals surface area contributed by atoms with Crippen molar-refractivity contribution in [3.8, 4) is 0 Å². The Bertz CT molecular complexity index is 303. The Labute approximate surface area is 110 Å². The van der Waals surface area contributed by atoms with E-state index in [2.05, 4.69) is 36.7 Å². The van der Waals surface area contributed by atoms with E-state index in [0.717, 1.165) is 17.9 Å². The lowest BCUT2D eigenvalue weighted by Crippen LogP contribution is -2.36. The van der Waals surface area contributed by atoms with Crippen LogP contribution in [0.1, 0.15) is 44.4 Å². The monoisotopic (exact) mass is 251 g/mol. The Morgan fingerprint density at radius 3 is 2.88 bits per heavy atom. The second-order valence-electron chi connectivity index (χ2n) is 5.38. The van der Waals surface area contributed by atoms with Gasteiger partial charge in [0.1, 0.15) is 0 Å². The van der Waals surface area contributed by atoms with E-state index < -0.39 is 0 Å². The molecule has 0 amide bonds. The van der Waals surface area contributed by atoms with E-state index in [1.165, 1.54) is 43.5 Å². The van der Waals surface area contributed by atoms with Crippen molar-refractivity contribution in [2.75, 3.05) is 6.54 Å². The highest BCUT2D eigenvalue weighted by Gasteiger charge is 2.32. The molecule has 96 valence electrons. The van der Waals surface area contributed by atoms with E-state index in [1.807, 2.05) is 11.3 Å². The summed E-state index contributed by atoms with van der Waals surface area (Å²) in [7, 11) is 0. The van der Waals surface area contributed by atoms with Crippen molar-refractivity contribution >= 4 is 11.3 Å². The lowest BCUT2D eigenvalue weighted by atomic mass is 9.92. The predicted octanol–water partition coefficient (Wildman–Crippen LogP) is 4.10. The highest BCUT2D eigenvalue weighted by atomic mass is 32.1. The normalized spacial score (nSPS) is 19.2. The summed E-state index contributed by atoms with van der Waals surface area (Å²) in [5.74, 6) is 1.87. The van der Waals surface area contributed by atoms with Crippen molar-refractivity contribution in [1.82, 2.24) is 5.32 Å². The third-order valence-electron chi connectivity index (χ3n) is 3.94. The van der Waals surface area contributed by atoms with E-state index in [4.69, 9.17) is 0 Å². The first-order valence-corrected chi connectivity index (χ1v) is 7.95. The SMILES string of the molecule is CCCNC(CCc1cccs1)C(C)C1CC1. The molecule has 0 aliphatic heterocycles. The van der Waals surface area contributed by atoms with Crippen molar-refractivity contribution in [3.05, 3.63) is 22.4 Å². The van der Waals surface area contributed by atoms with E-state index >= 15 is 0 Å². The molecule has 0 spiro atoms. The zero-order valence-corrected chi connectivity index (χ0v) is 11.9. The van der Waals surface area contributed by atoms with Crippen molar-refractivity contribution < 1.29 is 0 Å². The van der Waals surface area contributed by atoms with Gasteiger partial charge in [-0.1, -0.05) is 19.9 Å². The Kier molecular flexibility index (Phi) is 5.05. The quantitative estimate of drug-likeness (QED) is 0.733. The van der Waals surface area contributed by atoms with Crippen molar-refractivity contribution in [3.63, 3.8) is 0 Å². The fourth-order valence-corrected chi connectivity index (χ4v) is 3.31. The fraction of sp³-hybridized carbons (Fsp3) is 0.733. The summed E-state index contributed by atoms with van der Waals surface area (Å²) in [5.41, 5.74) is 0. The Balaban J connectivity index is 1.81. The van der Waals surface area contributed by atoms with Gasteiger partial charge in [-0.05, 0) is 61.9 Å². The molecule has 2 heteroatoms. The minimum atomic E-state index is 0.726. The number of nitrogens with one attached hydrogen (secondary N) is 1. The van der Waals surface area contributed by atoms with Crippen LogP contribution in [-0.4, -0.2) is 12.6 Å². The number of aryl methyl sites for hydroxylation is 1. The summed E-state index contributed by atoms with van der Waals surface area (Å²) in [6, 6.07) is 5.16. The highest BCUT2D eigenvalue weighted by Crippen LogP contribution is 2.39. The molecule has 0 radical (unpaired) electrons. The van der Waals surface area contributed by atoms with Crippen molar-refractivity contribution in [2.24, 2.45) is 11.8 Å². The molecule has 1 heterocycles. The molecule has 2 unspecified atom stereocenters. The first kappa shape index (κ1) is 13.1. The van der Waals surface area contributed by atoms with Crippen LogP contribution in [0.25, 0.3) is 0 Å². The van der Waals surface area contributed by atoms with Gasteiger partial charge in [-0.3, -0.25) is 0 Å². The van der Waals surface area contributed by atoms with Crippen molar-refractivity contribution in [2.45, 2.75) is 52.0 Å². The largest absolute Gasteiger partial charge is 0.314 e. The van der Waals surface area contributed by atoms with Gasteiger partial charge in [0.05, 0.1) is 0 Å². The number of thiophene rings is 1. The van der Waals surface area contributed by atoms with Crippen LogP contribution >= 0.6 is 11.3 Å². The molecule has 17 heavy (non-hydrogen) atoms. The minimum absolute atomic E-state index is 0.726. The number of hydrogen-bond acceptors (Lipinski definition) is 2. The molecule has 1 aliphatic carbocycles. The van der Waals surface area contributed by atoms with Gasteiger partial charge in [-0.2, -0.15) is 0 Å². The summed E-state index contributed by atoms with van der Waals surface area (Å²) in [6.45, 7) is 5.87. The van der Waals surface area contributed by atoms with Crippen LogP contribution in [0.2, 0.25) is 0 Å². The Morgan fingerprint density at radius 2 is 2.29 bits per heavy atom. The first-order chi connectivity index (χ1) is 8.31.